The molecule has 1 aromatic rings. The molecule has 1 aromatic carbocycles. The van der Waals surface area contributed by atoms with Crippen molar-refractivity contribution >= 4 is 27.5 Å². The number of nitrogen functional groups attached to an aromatic ring is 1. The van der Waals surface area contributed by atoms with Crippen LogP contribution in [0.3, 0.4) is 0 Å². The molecule has 0 radical (unpaired) electrons. The van der Waals surface area contributed by atoms with Crippen LogP contribution in [0.4, 0.5) is 5.69 Å². The third kappa shape index (κ3) is 3.90. The summed E-state index contributed by atoms with van der Waals surface area (Å²) in [5, 5.41) is 0.394. The van der Waals surface area contributed by atoms with Gasteiger partial charge in [0.1, 0.15) is 0 Å². The van der Waals surface area contributed by atoms with Crippen LogP contribution < -0.4 is 10.5 Å². The highest BCUT2D eigenvalue weighted by Crippen LogP contribution is 2.25. The molecule has 1 heterocycles. The lowest BCUT2D eigenvalue weighted by Crippen LogP contribution is -2.32. The van der Waals surface area contributed by atoms with E-state index in [4.69, 9.17) is 5.73 Å². The van der Waals surface area contributed by atoms with Gasteiger partial charge in [0.25, 0.3) is 0 Å². The quantitative estimate of drug-likeness (QED) is 0.819. The highest BCUT2D eigenvalue weighted by Gasteiger charge is 2.19. The first kappa shape index (κ1) is 15.7. The molecular formula is C14H22N2O2S2. The average Bonchev–Trinajstić information content (AvgIpc) is 2.46. The first-order valence-electron chi connectivity index (χ1n) is 7.02. The van der Waals surface area contributed by atoms with Gasteiger partial charge in [0.2, 0.25) is 10.0 Å². The summed E-state index contributed by atoms with van der Waals surface area (Å²) in [6, 6.07) is 4.97. The maximum absolute atomic E-state index is 12.3. The monoisotopic (exact) mass is 314 g/mol. The summed E-state index contributed by atoms with van der Waals surface area (Å²) in [6.07, 6.45) is 4.32. The Morgan fingerprint density at radius 1 is 1.40 bits per heavy atom. The van der Waals surface area contributed by atoms with Gasteiger partial charge in [-0.2, -0.15) is 11.8 Å². The van der Waals surface area contributed by atoms with E-state index in [0.29, 0.717) is 17.5 Å². The molecule has 20 heavy (non-hydrogen) atoms. The van der Waals surface area contributed by atoms with Crippen molar-refractivity contribution in [2.24, 2.45) is 0 Å². The van der Waals surface area contributed by atoms with E-state index in [-0.39, 0.29) is 4.90 Å². The predicted octanol–water partition coefficient (Wildman–Crippen LogP) is 2.40. The van der Waals surface area contributed by atoms with Crippen LogP contribution in [-0.4, -0.2) is 26.0 Å². The van der Waals surface area contributed by atoms with Crippen LogP contribution >= 0.6 is 11.8 Å². The van der Waals surface area contributed by atoms with Gasteiger partial charge in [-0.25, -0.2) is 13.1 Å². The molecule has 1 fully saturated rings. The molecule has 6 heteroatoms. The van der Waals surface area contributed by atoms with Crippen molar-refractivity contribution in [3.8, 4) is 0 Å². The molecule has 0 amide bonds. The molecule has 1 saturated heterocycles. The molecule has 4 nitrogen and oxygen atoms in total. The minimum atomic E-state index is -3.45. The molecule has 112 valence electrons. The van der Waals surface area contributed by atoms with E-state index >= 15 is 0 Å². The number of nitrogens with one attached hydrogen (secondary N) is 1. The molecule has 0 aromatic heterocycles. The molecule has 2 rings (SSSR count). The highest BCUT2D eigenvalue weighted by molar-refractivity contribution is 8.00. The molecule has 1 unspecified atom stereocenters. The van der Waals surface area contributed by atoms with Crippen LogP contribution in [0, 0.1) is 0 Å². The summed E-state index contributed by atoms with van der Waals surface area (Å²) in [4.78, 5) is 0.257. The van der Waals surface area contributed by atoms with Crippen molar-refractivity contribution < 1.29 is 8.42 Å². The summed E-state index contributed by atoms with van der Waals surface area (Å²) in [6.45, 7) is 2.50. The molecule has 1 atom stereocenters. The smallest absolute Gasteiger partial charge is 0.240 e. The molecule has 0 saturated carbocycles. The van der Waals surface area contributed by atoms with Gasteiger partial charge in [-0.3, -0.25) is 0 Å². The zero-order valence-corrected chi connectivity index (χ0v) is 13.4. The second-order valence-corrected chi connectivity index (χ2v) is 8.23. The van der Waals surface area contributed by atoms with Crippen molar-refractivity contribution in [2.45, 2.75) is 42.8 Å². The summed E-state index contributed by atoms with van der Waals surface area (Å²) in [7, 11) is -3.45. The van der Waals surface area contributed by atoms with Gasteiger partial charge in [0, 0.05) is 17.5 Å². The summed E-state index contributed by atoms with van der Waals surface area (Å²) in [5.41, 5.74) is 7.39. The van der Waals surface area contributed by atoms with E-state index in [1.807, 2.05) is 18.7 Å². The van der Waals surface area contributed by atoms with E-state index in [1.165, 1.54) is 12.8 Å². The van der Waals surface area contributed by atoms with Crippen LogP contribution in [0.2, 0.25) is 0 Å². The fourth-order valence-electron chi connectivity index (χ4n) is 2.32. The largest absolute Gasteiger partial charge is 0.398 e. The van der Waals surface area contributed by atoms with Crippen molar-refractivity contribution in [3.63, 3.8) is 0 Å². The molecule has 0 aliphatic carbocycles. The first-order chi connectivity index (χ1) is 9.53. The molecule has 1 aliphatic rings. The van der Waals surface area contributed by atoms with Gasteiger partial charge in [-0.05, 0) is 42.7 Å². The standard InChI is InChI=1S/C14H22N2O2S2/c1-2-11-6-7-13(9-14(11)15)20(17,18)16-10-12-5-3-4-8-19-12/h6-7,9,12,16H,2-5,8,10,15H2,1H3. The summed E-state index contributed by atoms with van der Waals surface area (Å²) < 4.78 is 27.2. The zero-order valence-electron chi connectivity index (χ0n) is 11.8. The Balaban J connectivity index is 2.04. The highest BCUT2D eigenvalue weighted by atomic mass is 32.2. The fraction of sp³-hybridized carbons (Fsp3) is 0.571. The van der Waals surface area contributed by atoms with Crippen molar-refractivity contribution in [3.05, 3.63) is 23.8 Å². The summed E-state index contributed by atoms with van der Waals surface area (Å²) >= 11 is 1.86. The lowest BCUT2D eigenvalue weighted by molar-refractivity contribution is 0.574. The van der Waals surface area contributed by atoms with Gasteiger partial charge in [-0.1, -0.05) is 19.4 Å². The lowest BCUT2D eigenvalue weighted by Gasteiger charge is -2.21. The van der Waals surface area contributed by atoms with Gasteiger partial charge >= 0.3 is 0 Å². The molecular weight excluding hydrogens is 292 g/mol. The van der Waals surface area contributed by atoms with Gasteiger partial charge in [0.05, 0.1) is 4.90 Å². The normalized spacial score (nSPS) is 19.9. The van der Waals surface area contributed by atoms with Crippen LogP contribution in [0.1, 0.15) is 31.7 Å². The average molecular weight is 314 g/mol. The van der Waals surface area contributed by atoms with Crippen molar-refractivity contribution in [2.75, 3.05) is 18.0 Å². The number of nitrogens with two attached hydrogens (primary N) is 1. The first-order valence-corrected chi connectivity index (χ1v) is 9.56. The van der Waals surface area contributed by atoms with Crippen LogP contribution in [0.5, 0.6) is 0 Å². The lowest BCUT2D eigenvalue weighted by atomic mass is 10.1. The second kappa shape index (κ2) is 6.83. The van der Waals surface area contributed by atoms with E-state index in [0.717, 1.165) is 24.2 Å². The summed E-state index contributed by atoms with van der Waals surface area (Å²) in [5.74, 6) is 1.13. The molecule has 0 bridgehead atoms. The van der Waals surface area contributed by atoms with Crippen molar-refractivity contribution in [1.82, 2.24) is 4.72 Å². The number of hydrogen-bond acceptors (Lipinski definition) is 4. The Labute approximate surface area is 125 Å². The molecule has 1 aliphatic heterocycles. The Bertz CT molecular complexity index is 552. The van der Waals surface area contributed by atoms with Gasteiger partial charge in [-0.15, -0.1) is 0 Å². The molecule has 3 N–H and O–H groups in total. The van der Waals surface area contributed by atoms with E-state index in [9.17, 15) is 8.42 Å². The van der Waals surface area contributed by atoms with Crippen LogP contribution in [0.15, 0.2) is 23.1 Å². The maximum atomic E-state index is 12.3. The fourth-order valence-corrected chi connectivity index (χ4v) is 4.78. The van der Waals surface area contributed by atoms with E-state index < -0.39 is 10.0 Å². The number of benzene rings is 1. The molecule has 0 spiro atoms. The number of aryl methyl sites for hydroxylation is 1. The Morgan fingerprint density at radius 3 is 2.80 bits per heavy atom. The minimum Gasteiger partial charge on any atom is -0.398 e. The number of rotatable bonds is 5. The Hall–Kier alpha value is -0.720. The number of anilines is 1. The third-order valence-electron chi connectivity index (χ3n) is 3.58. The zero-order chi connectivity index (χ0) is 14.6. The van der Waals surface area contributed by atoms with Crippen LogP contribution in [0.25, 0.3) is 0 Å². The second-order valence-electron chi connectivity index (χ2n) is 5.05. The van der Waals surface area contributed by atoms with E-state index in [2.05, 4.69) is 4.72 Å². The SMILES string of the molecule is CCc1ccc(S(=O)(=O)NCC2CCCCS2)cc1N. The van der Waals surface area contributed by atoms with Gasteiger partial charge < -0.3 is 5.73 Å². The minimum absolute atomic E-state index is 0.257. The number of sulfonamides is 1. The Kier molecular flexibility index (Phi) is 5.35. The van der Waals surface area contributed by atoms with E-state index in [1.54, 1.807) is 18.2 Å². The Morgan fingerprint density at radius 2 is 2.20 bits per heavy atom. The van der Waals surface area contributed by atoms with Gasteiger partial charge in [0.15, 0.2) is 0 Å². The topological polar surface area (TPSA) is 72.2 Å². The van der Waals surface area contributed by atoms with Crippen molar-refractivity contribution in [1.29, 1.82) is 0 Å². The third-order valence-corrected chi connectivity index (χ3v) is 6.40. The predicted molar refractivity (Wildman–Crippen MR) is 85.5 cm³/mol. The maximum Gasteiger partial charge on any atom is 0.240 e. The number of thioether (sulfide) groups is 1. The van der Waals surface area contributed by atoms with Crippen LogP contribution in [-0.2, 0) is 16.4 Å². The number of hydrogen-bond donors (Lipinski definition) is 2.